The number of hydrogen-bond acceptors (Lipinski definition) is 9. The molecule has 0 saturated carbocycles. The van der Waals surface area contributed by atoms with E-state index in [1.807, 2.05) is 0 Å². The van der Waals surface area contributed by atoms with Crippen LogP contribution in [0.3, 0.4) is 0 Å². The first-order chi connectivity index (χ1) is 17.1. The molecular weight excluding hydrogens is 501 g/mol. The van der Waals surface area contributed by atoms with Gasteiger partial charge in [-0.1, -0.05) is 6.07 Å². The van der Waals surface area contributed by atoms with Gasteiger partial charge in [0.25, 0.3) is 0 Å². The quantitative estimate of drug-likeness (QED) is 0.162. The lowest BCUT2D eigenvalue weighted by Crippen LogP contribution is -2.40. The van der Waals surface area contributed by atoms with E-state index < -0.39 is 64.5 Å². The van der Waals surface area contributed by atoms with Crippen molar-refractivity contribution in [1.82, 2.24) is 0 Å². The Kier molecular flexibility index (Phi) is 9.50. The van der Waals surface area contributed by atoms with Crippen LogP contribution in [0.1, 0.15) is 50.7 Å². The van der Waals surface area contributed by atoms with Crippen molar-refractivity contribution in [3.05, 3.63) is 39.4 Å². The Morgan fingerprint density at radius 1 is 1.08 bits per heavy atom. The van der Waals surface area contributed by atoms with Gasteiger partial charge >= 0.3 is 24.1 Å². The third kappa shape index (κ3) is 7.80. The van der Waals surface area contributed by atoms with Crippen LogP contribution in [0.5, 0.6) is 0 Å². The minimum absolute atomic E-state index is 0.0128. The molecule has 0 amide bonds. The van der Waals surface area contributed by atoms with Gasteiger partial charge in [0, 0.05) is 23.7 Å². The summed E-state index contributed by atoms with van der Waals surface area (Å²) in [5.74, 6) is -6.39. The number of carbonyl (C=O) groups is 3. The SMILES string of the molecule is COC(=O)C(C(=O)OC)[C@H](C[N+](=O)[O-])c1ccc(C(F)(F)F)cc1N1CCC(C(=O)OC(C)(C)C)CC1. The molecule has 1 saturated heterocycles. The molecule has 10 nitrogen and oxygen atoms in total. The molecular formula is C24H31F3N2O8. The highest BCUT2D eigenvalue weighted by atomic mass is 19.4. The van der Waals surface area contributed by atoms with Crippen LogP contribution in [0, 0.1) is 22.0 Å². The second-order valence-corrected chi connectivity index (χ2v) is 9.71. The predicted octanol–water partition coefficient (Wildman–Crippen LogP) is 3.59. The van der Waals surface area contributed by atoms with E-state index in [9.17, 15) is 37.7 Å². The Bertz CT molecular complexity index is 998. The molecule has 2 rings (SSSR count). The lowest BCUT2D eigenvalue weighted by atomic mass is 9.83. The van der Waals surface area contributed by atoms with Crippen molar-refractivity contribution in [3.8, 4) is 0 Å². The van der Waals surface area contributed by atoms with E-state index in [4.69, 9.17) is 4.74 Å². The smallest absolute Gasteiger partial charge is 0.416 e. The molecule has 1 aromatic carbocycles. The number of carbonyl (C=O) groups excluding carboxylic acids is 3. The number of hydrogen-bond donors (Lipinski definition) is 0. The summed E-state index contributed by atoms with van der Waals surface area (Å²) in [6, 6.07) is 2.61. The molecule has 0 aliphatic carbocycles. The third-order valence-electron chi connectivity index (χ3n) is 5.99. The predicted molar refractivity (Wildman–Crippen MR) is 124 cm³/mol. The first-order valence-electron chi connectivity index (χ1n) is 11.6. The fourth-order valence-electron chi connectivity index (χ4n) is 4.27. The summed E-state index contributed by atoms with van der Waals surface area (Å²) in [7, 11) is 1.97. The zero-order valence-electron chi connectivity index (χ0n) is 21.3. The normalized spacial score (nSPS) is 15.8. The number of nitro groups is 1. The molecule has 0 bridgehead atoms. The second-order valence-electron chi connectivity index (χ2n) is 9.71. The maximum Gasteiger partial charge on any atom is 0.416 e. The number of alkyl halides is 3. The average Bonchev–Trinajstić information content (AvgIpc) is 2.81. The zero-order valence-corrected chi connectivity index (χ0v) is 21.3. The van der Waals surface area contributed by atoms with E-state index >= 15 is 0 Å². The number of rotatable bonds is 8. The van der Waals surface area contributed by atoms with Crippen LogP contribution in [0.2, 0.25) is 0 Å². The number of halogens is 3. The van der Waals surface area contributed by atoms with Crippen LogP contribution in [0.25, 0.3) is 0 Å². The van der Waals surface area contributed by atoms with Crippen LogP contribution in [-0.4, -0.2) is 62.3 Å². The van der Waals surface area contributed by atoms with Gasteiger partial charge < -0.3 is 19.1 Å². The first kappa shape index (κ1) is 29.8. The van der Waals surface area contributed by atoms with Gasteiger partial charge in [-0.25, -0.2) is 0 Å². The lowest BCUT2D eigenvalue weighted by Gasteiger charge is -2.36. The van der Waals surface area contributed by atoms with Gasteiger partial charge in [-0.3, -0.25) is 24.5 Å². The van der Waals surface area contributed by atoms with E-state index in [-0.39, 0.29) is 37.2 Å². The van der Waals surface area contributed by atoms with Crippen LogP contribution in [0.15, 0.2) is 18.2 Å². The van der Waals surface area contributed by atoms with Crippen molar-refractivity contribution < 1.29 is 46.7 Å². The molecule has 1 aliphatic heterocycles. The average molecular weight is 533 g/mol. The van der Waals surface area contributed by atoms with Gasteiger partial charge in [-0.05, 0) is 51.3 Å². The number of methoxy groups -OCH3 is 2. The Hall–Kier alpha value is -3.38. The van der Waals surface area contributed by atoms with Crippen LogP contribution >= 0.6 is 0 Å². The Labute approximate surface area is 212 Å². The maximum atomic E-state index is 13.6. The van der Waals surface area contributed by atoms with E-state index in [0.29, 0.717) is 0 Å². The summed E-state index contributed by atoms with van der Waals surface area (Å²) in [5, 5.41) is 11.5. The van der Waals surface area contributed by atoms with E-state index in [1.165, 1.54) is 0 Å². The van der Waals surface area contributed by atoms with Crippen molar-refractivity contribution >= 4 is 23.6 Å². The molecule has 1 heterocycles. The van der Waals surface area contributed by atoms with Gasteiger partial charge in [0.15, 0.2) is 5.92 Å². The highest BCUT2D eigenvalue weighted by Gasteiger charge is 2.43. The third-order valence-corrected chi connectivity index (χ3v) is 5.99. The molecule has 1 aromatic rings. The summed E-state index contributed by atoms with van der Waals surface area (Å²) in [6.45, 7) is 4.52. The van der Waals surface area contributed by atoms with E-state index in [1.54, 1.807) is 25.7 Å². The standard InChI is InChI=1S/C24H31F3N2O8/c1-23(2,3)37-20(30)14-8-10-28(11-9-14)18-12-15(24(25,26)27)6-7-16(18)17(13-29(33)34)19(21(31)35-4)22(32)36-5/h6-7,12,14,17,19H,8-11,13H2,1-5H3/t17-/m1/s1. The number of nitrogens with zero attached hydrogens (tertiary/aromatic N) is 2. The van der Waals surface area contributed by atoms with Crippen LogP contribution in [0.4, 0.5) is 18.9 Å². The highest BCUT2D eigenvalue weighted by molar-refractivity contribution is 5.96. The van der Waals surface area contributed by atoms with Crippen molar-refractivity contribution in [1.29, 1.82) is 0 Å². The molecule has 1 aliphatic rings. The second kappa shape index (κ2) is 11.8. The van der Waals surface area contributed by atoms with E-state index in [0.717, 1.165) is 32.4 Å². The number of piperidine rings is 1. The maximum absolute atomic E-state index is 13.6. The monoisotopic (exact) mass is 532 g/mol. The zero-order chi connectivity index (χ0) is 28.1. The molecule has 206 valence electrons. The van der Waals surface area contributed by atoms with Gasteiger partial charge in [0.1, 0.15) is 5.60 Å². The van der Waals surface area contributed by atoms with Crippen molar-refractivity contribution in [3.63, 3.8) is 0 Å². The van der Waals surface area contributed by atoms with Gasteiger partial charge in [0.05, 0.1) is 31.6 Å². The summed E-state index contributed by atoms with van der Waals surface area (Å²) < 4.78 is 55.5. The van der Waals surface area contributed by atoms with Gasteiger partial charge in [-0.15, -0.1) is 0 Å². The molecule has 13 heteroatoms. The molecule has 37 heavy (non-hydrogen) atoms. The molecule has 0 N–H and O–H groups in total. The minimum Gasteiger partial charge on any atom is -0.468 e. The molecule has 0 aromatic heterocycles. The van der Waals surface area contributed by atoms with Gasteiger partial charge in [0.2, 0.25) is 6.54 Å². The molecule has 1 fully saturated rings. The van der Waals surface area contributed by atoms with Crippen LogP contribution in [-0.2, 0) is 34.8 Å². The largest absolute Gasteiger partial charge is 0.468 e. The van der Waals surface area contributed by atoms with Gasteiger partial charge in [-0.2, -0.15) is 13.2 Å². The van der Waals surface area contributed by atoms with Crippen LogP contribution < -0.4 is 4.90 Å². The Balaban J connectivity index is 2.54. The number of benzene rings is 1. The number of esters is 3. The fourth-order valence-corrected chi connectivity index (χ4v) is 4.27. The number of ether oxygens (including phenoxy) is 3. The van der Waals surface area contributed by atoms with E-state index in [2.05, 4.69) is 9.47 Å². The molecule has 0 spiro atoms. The minimum atomic E-state index is -4.72. The highest BCUT2D eigenvalue weighted by Crippen LogP contribution is 2.40. The first-order valence-corrected chi connectivity index (χ1v) is 11.6. The molecule has 1 atom stereocenters. The summed E-state index contributed by atoms with van der Waals surface area (Å²) in [5.41, 5.74) is -1.74. The van der Waals surface area contributed by atoms with Crippen molar-refractivity contribution in [2.75, 3.05) is 38.8 Å². The molecule has 0 unspecified atom stereocenters. The molecule has 0 radical (unpaired) electrons. The van der Waals surface area contributed by atoms with Crippen molar-refractivity contribution in [2.45, 2.75) is 51.3 Å². The summed E-state index contributed by atoms with van der Waals surface area (Å²) in [6.07, 6.45) is -4.19. The Morgan fingerprint density at radius 2 is 1.62 bits per heavy atom. The summed E-state index contributed by atoms with van der Waals surface area (Å²) in [4.78, 5) is 49.7. The van der Waals surface area contributed by atoms with Crippen molar-refractivity contribution in [2.24, 2.45) is 11.8 Å². The fraction of sp³-hybridized carbons (Fsp3) is 0.625. The summed E-state index contributed by atoms with van der Waals surface area (Å²) >= 11 is 0. The Morgan fingerprint density at radius 3 is 2.05 bits per heavy atom. The number of anilines is 1. The topological polar surface area (TPSA) is 125 Å². The lowest BCUT2D eigenvalue weighted by molar-refractivity contribution is -0.484.